The Labute approximate surface area is 64.0 Å². The molecule has 0 aromatic heterocycles. The van der Waals surface area contributed by atoms with Crippen LogP contribution in [-0.2, 0) is 0 Å². The fourth-order valence-electron chi connectivity index (χ4n) is 0.671. The Morgan fingerprint density at radius 2 is 1.20 bits per heavy atom. The van der Waals surface area contributed by atoms with Crippen LogP contribution >= 0.6 is 0 Å². The van der Waals surface area contributed by atoms with Crippen molar-refractivity contribution in [2.24, 2.45) is 0 Å². The number of nitrogens with zero attached hydrogens (tertiary/aromatic N) is 1. The summed E-state index contributed by atoms with van der Waals surface area (Å²) in [6.07, 6.45) is 0. The molecule has 0 fully saturated rings. The van der Waals surface area contributed by atoms with Gasteiger partial charge in [-0.25, -0.2) is 0 Å². The molecule has 3 nitrogen and oxygen atoms in total. The van der Waals surface area contributed by atoms with E-state index in [2.05, 4.69) is 25.7 Å². The summed E-state index contributed by atoms with van der Waals surface area (Å²) in [5.74, 6) is 0. The maximum absolute atomic E-state index is 7.00. The zero-order valence-corrected chi connectivity index (χ0v) is 7.04. The van der Waals surface area contributed by atoms with Crippen LogP contribution in [0.1, 0.15) is 20.8 Å². The summed E-state index contributed by atoms with van der Waals surface area (Å²) in [6.45, 7) is 10.1. The average molecular weight is 146 g/mol. The summed E-state index contributed by atoms with van der Waals surface area (Å²) < 4.78 is 0. The van der Waals surface area contributed by atoms with Gasteiger partial charge in [-0.15, -0.1) is 0 Å². The molecule has 0 amide bonds. The van der Waals surface area contributed by atoms with Crippen LogP contribution in [0.4, 0.5) is 0 Å². The fourth-order valence-corrected chi connectivity index (χ4v) is 0.671. The maximum Gasteiger partial charge on any atom is 0.482 e. The fraction of sp³-hybridized carbons (Fsp3) is 1.00. The van der Waals surface area contributed by atoms with Crippen molar-refractivity contribution in [3.8, 4) is 0 Å². The van der Waals surface area contributed by atoms with E-state index < -0.39 is 0 Å². The van der Waals surface area contributed by atoms with Crippen LogP contribution in [0.3, 0.4) is 0 Å². The van der Waals surface area contributed by atoms with E-state index in [1.165, 1.54) is 19.6 Å². The van der Waals surface area contributed by atoms with Crippen molar-refractivity contribution in [3.63, 3.8) is 0 Å². The molecule has 0 heterocycles. The summed E-state index contributed by atoms with van der Waals surface area (Å²) >= 11 is 0. The van der Waals surface area contributed by atoms with E-state index in [9.17, 15) is 0 Å². The zero-order valence-electron chi connectivity index (χ0n) is 7.04. The normalized spacial score (nSPS) is 8.60. The van der Waals surface area contributed by atoms with Gasteiger partial charge in [-0.05, 0) is 19.6 Å². The Balaban J connectivity index is 0. The second kappa shape index (κ2) is 11.7. The van der Waals surface area contributed by atoms with E-state index in [4.69, 9.17) is 10.0 Å². The summed E-state index contributed by atoms with van der Waals surface area (Å²) in [4.78, 5) is 2.38. The minimum absolute atomic E-state index is 0. The lowest BCUT2D eigenvalue weighted by molar-refractivity contribution is 0.321. The van der Waals surface area contributed by atoms with Gasteiger partial charge >= 0.3 is 7.69 Å². The van der Waals surface area contributed by atoms with Crippen LogP contribution in [0.5, 0.6) is 0 Å². The first-order valence-corrected chi connectivity index (χ1v) is 3.59. The van der Waals surface area contributed by atoms with Crippen molar-refractivity contribution >= 4 is 7.69 Å². The Morgan fingerprint density at radius 3 is 1.20 bits per heavy atom. The van der Waals surface area contributed by atoms with Gasteiger partial charge < -0.3 is 14.9 Å². The summed E-state index contributed by atoms with van der Waals surface area (Å²) in [6, 6.07) is 0. The topological polar surface area (TPSA) is 43.7 Å². The van der Waals surface area contributed by atoms with E-state index in [-0.39, 0.29) is 7.69 Å². The first-order valence-electron chi connectivity index (χ1n) is 3.59. The maximum atomic E-state index is 7.00. The van der Waals surface area contributed by atoms with Gasteiger partial charge in [0.25, 0.3) is 0 Å². The lowest BCUT2D eigenvalue weighted by Crippen LogP contribution is -2.21. The molecule has 0 saturated carbocycles. The lowest BCUT2D eigenvalue weighted by atomic mass is 10.5. The van der Waals surface area contributed by atoms with E-state index >= 15 is 0 Å². The van der Waals surface area contributed by atoms with Crippen LogP contribution in [0.15, 0.2) is 0 Å². The number of hydrogen-bond donors (Lipinski definition) is 2. The first kappa shape index (κ1) is 12.6. The second-order valence-corrected chi connectivity index (χ2v) is 1.73. The van der Waals surface area contributed by atoms with E-state index in [0.717, 1.165) is 0 Å². The molecule has 4 heteroatoms. The molecule has 61 valence electrons. The SMILES string of the molecule is CCN(CC)CC.O[B]O. The minimum Gasteiger partial charge on any atom is -0.429 e. The number of rotatable bonds is 3. The van der Waals surface area contributed by atoms with Crippen molar-refractivity contribution in [2.45, 2.75) is 20.8 Å². The van der Waals surface area contributed by atoms with Crippen LogP contribution in [-0.4, -0.2) is 42.3 Å². The summed E-state index contributed by atoms with van der Waals surface area (Å²) in [7, 11) is 0. The van der Waals surface area contributed by atoms with Crippen molar-refractivity contribution in [1.82, 2.24) is 4.90 Å². The standard InChI is InChI=1S/C6H15N.BH2O2/c1-4-7(5-2)6-3;2-1-3/h4-6H2,1-3H3;2-3H. The highest BCUT2D eigenvalue weighted by Crippen LogP contribution is 1.81. The average Bonchev–Trinajstić information content (AvgIpc) is 1.93. The Morgan fingerprint density at radius 1 is 1.00 bits per heavy atom. The molecule has 1 radical (unpaired) electrons. The molecule has 0 aliphatic carbocycles. The first-order chi connectivity index (χ1) is 4.76. The smallest absolute Gasteiger partial charge is 0.429 e. The molecule has 0 aromatic rings. The predicted molar refractivity (Wildman–Crippen MR) is 43.7 cm³/mol. The second-order valence-electron chi connectivity index (χ2n) is 1.73. The predicted octanol–water partition coefficient (Wildman–Crippen LogP) is -0.147. The van der Waals surface area contributed by atoms with E-state index in [1.54, 1.807) is 0 Å². The Bertz CT molecular complexity index is 45.5. The van der Waals surface area contributed by atoms with Crippen molar-refractivity contribution < 1.29 is 10.0 Å². The molecule has 0 saturated heterocycles. The molecule has 0 aliphatic rings. The zero-order chi connectivity index (χ0) is 8.41. The summed E-state index contributed by atoms with van der Waals surface area (Å²) in [5.41, 5.74) is 0. The van der Waals surface area contributed by atoms with Crippen LogP contribution in [0.25, 0.3) is 0 Å². The van der Waals surface area contributed by atoms with Crippen LogP contribution in [0.2, 0.25) is 0 Å². The molecule has 10 heavy (non-hydrogen) atoms. The quantitative estimate of drug-likeness (QED) is 0.544. The van der Waals surface area contributed by atoms with Gasteiger partial charge in [-0.2, -0.15) is 0 Å². The van der Waals surface area contributed by atoms with Gasteiger partial charge in [0, 0.05) is 0 Å². The highest BCUT2D eigenvalue weighted by Gasteiger charge is 1.89. The van der Waals surface area contributed by atoms with Crippen molar-refractivity contribution in [2.75, 3.05) is 19.6 Å². The molecular formula is C6H17BNO2. The molecular weight excluding hydrogens is 129 g/mol. The third kappa shape index (κ3) is 10.8. The van der Waals surface area contributed by atoms with Crippen molar-refractivity contribution in [1.29, 1.82) is 0 Å². The third-order valence-corrected chi connectivity index (χ3v) is 1.34. The highest BCUT2D eigenvalue weighted by atomic mass is 16.4. The minimum atomic E-state index is 0. The largest absolute Gasteiger partial charge is 0.482 e. The summed E-state index contributed by atoms with van der Waals surface area (Å²) in [5, 5.41) is 14.0. The van der Waals surface area contributed by atoms with Gasteiger partial charge in [0.2, 0.25) is 0 Å². The van der Waals surface area contributed by atoms with E-state index in [1.807, 2.05) is 0 Å². The monoisotopic (exact) mass is 146 g/mol. The molecule has 0 rings (SSSR count). The number of hydrogen-bond acceptors (Lipinski definition) is 3. The van der Waals surface area contributed by atoms with Crippen molar-refractivity contribution in [3.05, 3.63) is 0 Å². The van der Waals surface area contributed by atoms with Crippen LogP contribution < -0.4 is 0 Å². The molecule has 0 atom stereocenters. The van der Waals surface area contributed by atoms with Gasteiger partial charge in [0.15, 0.2) is 0 Å². The molecule has 0 bridgehead atoms. The Hall–Kier alpha value is -0.0551. The van der Waals surface area contributed by atoms with Gasteiger partial charge in [-0.1, -0.05) is 20.8 Å². The molecule has 0 aliphatic heterocycles. The Kier molecular flexibility index (Phi) is 14.8. The molecule has 0 unspecified atom stereocenters. The van der Waals surface area contributed by atoms with Crippen LogP contribution in [0, 0.1) is 0 Å². The van der Waals surface area contributed by atoms with Gasteiger partial charge in [0.1, 0.15) is 0 Å². The highest BCUT2D eigenvalue weighted by molar-refractivity contribution is 6.13. The van der Waals surface area contributed by atoms with Gasteiger partial charge in [0.05, 0.1) is 0 Å². The van der Waals surface area contributed by atoms with E-state index in [0.29, 0.717) is 0 Å². The van der Waals surface area contributed by atoms with Gasteiger partial charge in [-0.3, -0.25) is 0 Å². The molecule has 0 aromatic carbocycles. The molecule has 0 spiro atoms. The third-order valence-electron chi connectivity index (χ3n) is 1.34. The molecule has 2 N–H and O–H groups in total. The lowest BCUT2D eigenvalue weighted by Gasteiger charge is -2.13.